The van der Waals surface area contributed by atoms with Crippen molar-refractivity contribution in [3.8, 4) is 5.75 Å². The Morgan fingerprint density at radius 3 is 1.87 bits per heavy atom. The Labute approximate surface area is 180 Å². The van der Waals surface area contributed by atoms with Gasteiger partial charge in [-0.2, -0.15) is 0 Å². The van der Waals surface area contributed by atoms with Gasteiger partial charge in [-0.25, -0.2) is 4.39 Å². The first-order valence-electron chi connectivity index (χ1n) is 9.91. The van der Waals surface area contributed by atoms with E-state index in [1.54, 1.807) is 31.3 Å². The fourth-order valence-corrected chi connectivity index (χ4v) is 2.93. The number of hydrogen-bond acceptors (Lipinski definition) is 3. The van der Waals surface area contributed by atoms with Crippen LogP contribution in [-0.2, 0) is 16.2 Å². The summed E-state index contributed by atoms with van der Waals surface area (Å²) in [6, 6.07) is 22.5. The van der Waals surface area contributed by atoms with E-state index in [0.717, 1.165) is 10.5 Å². The van der Waals surface area contributed by atoms with Gasteiger partial charge in [0.2, 0.25) is 0 Å². The second-order valence-electron chi connectivity index (χ2n) is 7.21. The van der Waals surface area contributed by atoms with E-state index in [-0.39, 0.29) is 30.7 Å². The molecule has 6 nitrogen and oxygen atoms in total. The van der Waals surface area contributed by atoms with Gasteiger partial charge in [-0.05, 0) is 54.1 Å². The summed E-state index contributed by atoms with van der Waals surface area (Å²) >= 11 is 0. The summed E-state index contributed by atoms with van der Waals surface area (Å²) in [7, 11) is 1.75. The van der Waals surface area contributed by atoms with E-state index in [1.807, 2.05) is 30.3 Å². The van der Waals surface area contributed by atoms with Crippen LogP contribution in [0.2, 0.25) is 0 Å². The molecule has 1 atom stereocenters. The summed E-state index contributed by atoms with van der Waals surface area (Å²) < 4.78 is 18.7. The normalized spacial score (nSPS) is 11.4. The summed E-state index contributed by atoms with van der Waals surface area (Å²) in [5.74, 6) is -0.114. The lowest BCUT2D eigenvalue weighted by Crippen LogP contribution is -3.11. The maximum Gasteiger partial charge on any atom is 0.279 e. The Morgan fingerprint density at radius 1 is 0.806 bits per heavy atom. The maximum atomic E-state index is 12.9. The molecule has 1 unspecified atom stereocenters. The molecule has 0 saturated carbocycles. The molecule has 0 fully saturated rings. The molecule has 160 valence electrons. The number of nitrogens with one attached hydrogen (secondary N) is 3. The third-order valence-corrected chi connectivity index (χ3v) is 4.44. The zero-order valence-electron chi connectivity index (χ0n) is 17.2. The molecule has 0 aliphatic heterocycles. The molecule has 0 aliphatic rings. The fraction of sp³-hybridized carbons (Fsp3) is 0.167. The van der Waals surface area contributed by atoms with Crippen molar-refractivity contribution < 1.29 is 23.6 Å². The number of carbonyl (C=O) groups is 2. The number of rotatable bonds is 9. The van der Waals surface area contributed by atoms with Crippen molar-refractivity contribution in [1.82, 2.24) is 0 Å². The molecular weight excluding hydrogens is 397 g/mol. The topological polar surface area (TPSA) is 71.9 Å². The summed E-state index contributed by atoms with van der Waals surface area (Å²) in [6.07, 6.45) is 0. The van der Waals surface area contributed by atoms with E-state index < -0.39 is 0 Å². The molecule has 7 heteroatoms. The van der Waals surface area contributed by atoms with E-state index in [0.29, 0.717) is 23.7 Å². The van der Waals surface area contributed by atoms with Gasteiger partial charge in [-0.15, -0.1) is 0 Å². The highest BCUT2D eigenvalue weighted by atomic mass is 19.1. The third-order valence-electron chi connectivity index (χ3n) is 4.44. The quantitative estimate of drug-likeness (QED) is 0.496. The first kappa shape index (κ1) is 22.0. The Bertz CT molecular complexity index is 993. The Kier molecular flexibility index (Phi) is 7.73. The van der Waals surface area contributed by atoms with E-state index in [4.69, 9.17) is 4.74 Å². The van der Waals surface area contributed by atoms with Gasteiger partial charge in [-0.1, -0.05) is 30.3 Å². The second-order valence-corrected chi connectivity index (χ2v) is 7.21. The minimum atomic E-state index is -0.367. The highest BCUT2D eigenvalue weighted by molar-refractivity contribution is 5.93. The van der Waals surface area contributed by atoms with Gasteiger partial charge < -0.3 is 20.3 Å². The summed E-state index contributed by atoms with van der Waals surface area (Å²) in [6.45, 7) is 0.709. The van der Waals surface area contributed by atoms with Crippen LogP contribution in [0.3, 0.4) is 0 Å². The molecule has 31 heavy (non-hydrogen) atoms. The van der Waals surface area contributed by atoms with E-state index in [2.05, 4.69) is 10.6 Å². The second kappa shape index (κ2) is 10.9. The standard InChI is InChI=1S/C24H24FN3O3/c1-28(15-23(29)26-20-9-7-19(25)8-10-20)16-24(30)27-21-11-13-22(14-12-21)31-17-18-5-3-2-4-6-18/h2-14H,15-17H2,1H3,(H,26,29)(H,27,30)/p+1. The predicted molar refractivity (Wildman–Crippen MR) is 117 cm³/mol. The highest BCUT2D eigenvalue weighted by Gasteiger charge is 2.14. The number of hydrogen-bond donors (Lipinski definition) is 3. The zero-order chi connectivity index (χ0) is 22.1. The number of amides is 2. The zero-order valence-corrected chi connectivity index (χ0v) is 17.2. The fourth-order valence-electron chi connectivity index (χ4n) is 2.93. The predicted octanol–water partition coefficient (Wildman–Crippen LogP) is 2.50. The van der Waals surface area contributed by atoms with Crippen LogP contribution < -0.4 is 20.3 Å². The van der Waals surface area contributed by atoms with Gasteiger partial charge in [0.05, 0.1) is 7.05 Å². The van der Waals surface area contributed by atoms with Crippen molar-refractivity contribution >= 4 is 23.2 Å². The highest BCUT2D eigenvalue weighted by Crippen LogP contribution is 2.17. The minimum absolute atomic E-state index is 0.108. The number of likely N-dealkylation sites (N-methyl/N-ethyl adjacent to an activating group) is 1. The Morgan fingerprint density at radius 2 is 1.32 bits per heavy atom. The van der Waals surface area contributed by atoms with Crippen LogP contribution in [0.1, 0.15) is 5.56 Å². The SMILES string of the molecule is C[NH+](CC(=O)Nc1ccc(F)cc1)CC(=O)Nc1ccc(OCc2ccccc2)cc1. The molecule has 0 radical (unpaired) electrons. The van der Waals surface area contributed by atoms with E-state index in [1.165, 1.54) is 24.3 Å². The van der Waals surface area contributed by atoms with Gasteiger partial charge in [0.15, 0.2) is 13.1 Å². The van der Waals surface area contributed by atoms with E-state index in [9.17, 15) is 14.0 Å². The lowest BCUT2D eigenvalue weighted by molar-refractivity contribution is -0.862. The molecule has 0 aliphatic carbocycles. The number of benzene rings is 3. The van der Waals surface area contributed by atoms with Crippen LogP contribution in [0.5, 0.6) is 5.75 Å². The van der Waals surface area contributed by atoms with Crippen molar-refractivity contribution in [3.05, 3.63) is 90.2 Å². The monoisotopic (exact) mass is 422 g/mol. The first-order chi connectivity index (χ1) is 15.0. The van der Waals surface area contributed by atoms with Crippen LogP contribution in [0, 0.1) is 5.82 Å². The first-order valence-corrected chi connectivity index (χ1v) is 9.91. The average molecular weight is 422 g/mol. The van der Waals surface area contributed by atoms with Crippen molar-refractivity contribution in [3.63, 3.8) is 0 Å². The number of carbonyl (C=O) groups excluding carboxylic acids is 2. The Balaban J connectivity index is 1.41. The molecule has 3 N–H and O–H groups in total. The number of ether oxygens (including phenoxy) is 1. The average Bonchev–Trinajstić information content (AvgIpc) is 2.75. The van der Waals surface area contributed by atoms with Crippen LogP contribution >= 0.6 is 0 Å². The number of quaternary nitrogens is 1. The molecule has 2 amide bonds. The maximum absolute atomic E-state index is 12.9. The molecular formula is C24H25FN3O3+. The molecule has 0 heterocycles. The molecule has 3 rings (SSSR count). The van der Waals surface area contributed by atoms with Crippen LogP contribution in [0.15, 0.2) is 78.9 Å². The molecule has 0 aromatic heterocycles. The molecule has 0 spiro atoms. The minimum Gasteiger partial charge on any atom is -0.489 e. The summed E-state index contributed by atoms with van der Waals surface area (Å²) in [5, 5.41) is 5.50. The van der Waals surface area contributed by atoms with Gasteiger partial charge in [0, 0.05) is 11.4 Å². The van der Waals surface area contributed by atoms with Crippen LogP contribution in [0.4, 0.5) is 15.8 Å². The van der Waals surface area contributed by atoms with Crippen molar-refractivity contribution in [2.45, 2.75) is 6.61 Å². The number of anilines is 2. The summed E-state index contributed by atoms with van der Waals surface area (Å²) in [5.41, 5.74) is 2.24. The molecule has 0 saturated heterocycles. The van der Waals surface area contributed by atoms with Crippen LogP contribution in [0.25, 0.3) is 0 Å². The van der Waals surface area contributed by atoms with Crippen molar-refractivity contribution in [2.24, 2.45) is 0 Å². The number of halogens is 1. The molecule has 3 aromatic rings. The lowest BCUT2D eigenvalue weighted by Gasteiger charge is -2.14. The van der Waals surface area contributed by atoms with Crippen molar-refractivity contribution in [2.75, 3.05) is 30.8 Å². The van der Waals surface area contributed by atoms with Gasteiger partial charge in [-0.3, -0.25) is 9.59 Å². The van der Waals surface area contributed by atoms with Gasteiger partial charge >= 0.3 is 0 Å². The van der Waals surface area contributed by atoms with Gasteiger partial charge in [0.1, 0.15) is 18.2 Å². The van der Waals surface area contributed by atoms with Gasteiger partial charge in [0.25, 0.3) is 11.8 Å². The Hall–Kier alpha value is -3.71. The largest absolute Gasteiger partial charge is 0.489 e. The third kappa shape index (κ3) is 7.56. The summed E-state index contributed by atoms with van der Waals surface area (Å²) in [4.78, 5) is 25.1. The lowest BCUT2D eigenvalue weighted by atomic mass is 10.2. The van der Waals surface area contributed by atoms with Crippen LogP contribution in [-0.4, -0.2) is 32.0 Å². The molecule has 0 bridgehead atoms. The van der Waals surface area contributed by atoms with Crippen molar-refractivity contribution in [1.29, 1.82) is 0 Å². The smallest absolute Gasteiger partial charge is 0.279 e. The molecule has 3 aromatic carbocycles. The van der Waals surface area contributed by atoms with E-state index >= 15 is 0 Å².